The molecule has 2 aliphatic rings. The minimum atomic E-state index is 0.0936. The van der Waals surface area contributed by atoms with Crippen LogP contribution in [-0.2, 0) is 11.2 Å². The molecule has 3 heterocycles. The minimum Gasteiger partial charge on any atom is -0.497 e. The van der Waals surface area contributed by atoms with E-state index in [0.29, 0.717) is 12.3 Å². The maximum Gasteiger partial charge on any atom is 0.223 e. The van der Waals surface area contributed by atoms with Crippen molar-refractivity contribution >= 4 is 16.8 Å². The quantitative estimate of drug-likeness (QED) is 0.732. The molecule has 0 radical (unpaired) electrons. The molecule has 0 aliphatic carbocycles. The first-order valence-corrected chi connectivity index (χ1v) is 9.70. The van der Waals surface area contributed by atoms with Crippen LogP contribution in [-0.4, -0.2) is 29.4 Å². The van der Waals surface area contributed by atoms with Crippen molar-refractivity contribution < 1.29 is 9.53 Å². The lowest BCUT2D eigenvalue weighted by Gasteiger charge is -2.44. The summed E-state index contributed by atoms with van der Waals surface area (Å²) in [4.78, 5) is 18.4. The molecule has 138 valence electrons. The predicted molar refractivity (Wildman–Crippen MR) is 106 cm³/mol. The Bertz CT molecular complexity index is 1020. The van der Waals surface area contributed by atoms with Gasteiger partial charge in [0.15, 0.2) is 0 Å². The van der Waals surface area contributed by atoms with Gasteiger partial charge in [-0.2, -0.15) is 0 Å². The highest BCUT2D eigenvalue weighted by molar-refractivity contribution is 5.88. The summed E-state index contributed by atoms with van der Waals surface area (Å²) in [6, 6.07) is 15.1. The van der Waals surface area contributed by atoms with Gasteiger partial charge in [-0.05, 0) is 49.1 Å². The number of ether oxygens (including phenoxy) is 1. The third kappa shape index (κ3) is 2.54. The van der Waals surface area contributed by atoms with E-state index in [4.69, 9.17) is 4.74 Å². The number of aromatic nitrogens is 1. The van der Waals surface area contributed by atoms with Gasteiger partial charge in [0.25, 0.3) is 0 Å². The highest BCUT2D eigenvalue weighted by atomic mass is 16.5. The summed E-state index contributed by atoms with van der Waals surface area (Å²) in [6.45, 7) is 2.91. The lowest BCUT2D eigenvalue weighted by atomic mass is 9.78. The second-order valence-electron chi connectivity index (χ2n) is 7.77. The standard InChI is InChI=1S/C23H24N2O2/c1-14-3-5-15(6-4-14)17-8-10-21(26)25-12-11-18-19-13-16(27-2)7-9-20(19)24-22(18)23(17)25/h3-7,9,13,17,23-24H,8,10-12H2,1-2H3. The van der Waals surface area contributed by atoms with Crippen molar-refractivity contribution in [2.45, 2.75) is 38.1 Å². The molecule has 27 heavy (non-hydrogen) atoms. The normalized spacial score (nSPS) is 21.9. The molecule has 2 unspecified atom stereocenters. The van der Waals surface area contributed by atoms with Crippen LogP contribution in [0.2, 0.25) is 0 Å². The number of hydrogen-bond acceptors (Lipinski definition) is 2. The highest BCUT2D eigenvalue weighted by Gasteiger charge is 2.42. The van der Waals surface area contributed by atoms with Crippen molar-refractivity contribution in [3.8, 4) is 5.75 Å². The van der Waals surface area contributed by atoms with E-state index in [0.717, 1.165) is 30.7 Å². The maximum atomic E-state index is 12.7. The topological polar surface area (TPSA) is 45.3 Å². The summed E-state index contributed by atoms with van der Waals surface area (Å²) in [7, 11) is 1.70. The predicted octanol–water partition coefficient (Wildman–Crippen LogP) is 4.49. The van der Waals surface area contributed by atoms with Gasteiger partial charge in [-0.25, -0.2) is 0 Å². The first kappa shape index (κ1) is 16.4. The van der Waals surface area contributed by atoms with E-state index in [1.165, 1.54) is 27.8 Å². The first-order valence-electron chi connectivity index (χ1n) is 9.70. The molecule has 3 aromatic rings. The second-order valence-corrected chi connectivity index (χ2v) is 7.77. The van der Waals surface area contributed by atoms with Gasteiger partial charge in [-0.1, -0.05) is 29.8 Å². The molecule has 4 nitrogen and oxygen atoms in total. The van der Waals surface area contributed by atoms with Gasteiger partial charge in [-0.15, -0.1) is 0 Å². The van der Waals surface area contributed by atoms with Crippen LogP contribution in [0, 0.1) is 6.92 Å². The zero-order valence-corrected chi connectivity index (χ0v) is 15.8. The van der Waals surface area contributed by atoms with Crippen molar-refractivity contribution in [2.24, 2.45) is 0 Å². The van der Waals surface area contributed by atoms with Gasteiger partial charge < -0.3 is 14.6 Å². The second kappa shape index (κ2) is 6.15. The molecule has 0 spiro atoms. The average molecular weight is 360 g/mol. The van der Waals surface area contributed by atoms with E-state index in [-0.39, 0.29) is 11.9 Å². The molecular formula is C23H24N2O2. The minimum absolute atomic E-state index is 0.0936. The summed E-state index contributed by atoms with van der Waals surface area (Å²) in [5, 5.41) is 1.23. The largest absolute Gasteiger partial charge is 0.497 e. The van der Waals surface area contributed by atoms with Crippen LogP contribution in [0.5, 0.6) is 5.75 Å². The molecule has 0 saturated carbocycles. The Morgan fingerprint density at radius 1 is 1.11 bits per heavy atom. The Balaban J connectivity index is 1.66. The van der Waals surface area contributed by atoms with E-state index in [2.05, 4.69) is 53.2 Å². The van der Waals surface area contributed by atoms with Crippen molar-refractivity contribution in [1.82, 2.24) is 9.88 Å². The van der Waals surface area contributed by atoms with Crippen LogP contribution < -0.4 is 4.74 Å². The Labute approximate surface area is 159 Å². The summed E-state index contributed by atoms with van der Waals surface area (Å²) in [5.41, 5.74) is 6.28. The van der Waals surface area contributed by atoms with Gasteiger partial charge in [0.2, 0.25) is 5.91 Å². The Kier molecular flexibility index (Phi) is 3.74. The number of carbonyl (C=O) groups is 1. The average Bonchev–Trinajstić information content (AvgIpc) is 3.07. The van der Waals surface area contributed by atoms with Gasteiger partial charge in [0.1, 0.15) is 5.75 Å². The van der Waals surface area contributed by atoms with E-state index in [1.807, 2.05) is 6.07 Å². The number of piperidine rings is 1. The molecule has 1 N–H and O–H groups in total. The number of nitrogens with zero attached hydrogens (tertiary/aromatic N) is 1. The van der Waals surface area contributed by atoms with Crippen LogP contribution in [0.4, 0.5) is 0 Å². The molecule has 2 aromatic carbocycles. The van der Waals surface area contributed by atoms with E-state index >= 15 is 0 Å². The number of nitrogens with one attached hydrogen (secondary N) is 1. The zero-order chi connectivity index (χ0) is 18.5. The third-order valence-electron chi connectivity index (χ3n) is 6.26. The summed E-state index contributed by atoms with van der Waals surface area (Å²) < 4.78 is 5.43. The lowest BCUT2D eigenvalue weighted by molar-refractivity contribution is -0.138. The third-order valence-corrected chi connectivity index (χ3v) is 6.26. The van der Waals surface area contributed by atoms with Gasteiger partial charge in [0.05, 0.1) is 13.2 Å². The number of aromatic amines is 1. The van der Waals surface area contributed by atoms with Crippen LogP contribution in [0.1, 0.15) is 47.2 Å². The molecule has 1 amide bonds. The number of hydrogen-bond donors (Lipinski definition) is 1. The fraction of sp³-hybridized carbons (Fsp3) is 0.348. The zero-order valence-electron chi connectivity index (χ0n) is 15.8. The Morgan fingerprint density at radius 3 is 2.70 bits per heavy atom. The van der Waals surface area contributed by atoms with Crippen molar-refractivity contribution in [3.05, 3.63) is 64.8 Å². The van der Waals surface area contributed by atoms with Crippen molar-refractivity contribution in [3.63, 3.8) is 0 Å². The van der Waals surface area contributed by atoms with Crippen molar-refractivity contribution in [2.75, 3.05) is 13.7 Å². The number of fused-ring (bicyclic) bond motifs is 5. The van der Waals surface area contributed by atoms with Crippen LogP contribution in [0.25, 0.3) is 10.9 Å². The number of methoxy groups -OCH3 is 1. The summed E-state index contributed by atoms with van der Waals surface area (Å²) in [6.07, 6.45) is 2.44. The first-order chi connectivity index (χ1) is 13.2. The van der Waals surface area contributed by atoms with E-state index in [1.54, 1.807) is 7.11 Å². The van der Waals surface area contributed by atoms with Gasteiger partial charge in [0, 0.05) is 35.5 Å². The molecule has 1 saturated heterocycles. The Morgan fingerprint density at radius 2 is 1.93 bits per heavy atom. The van der Waals surface area contributed by atoms with E-state index in [9.17, 15) is 4.79 Å². The van der Waals surface area contributed by atoms with Gasteiger partial charge in [-0.3, -0.25) is 4.79 Å². The number of H-pyrrole nitrogens is 1. The number of amides is 1. The maximum absolute atomic E-state index is 12.7. The number of carbonyl (C=O) groups excluding carboxylic acids is 1. The molecule has 5 rings (SSSR count). The number of aryl methyl sites for hydroxylation is 1. The summed E-state index contributed by atoms with van der Waals surface area (Å²) >= 11 is 0. The Hall–Kier alpha value is -2.75. The van der Waals surface area contributed by atoms with Crippen molar-refractivity contribution in [1.29, 1.82) is 0 Å². The highest BCUT2D eigenvalue weighted by Crippen LogP contribution is 2.47. The number of benzene rings is 2. The molecule has 1 fully saturated rings. The smallest absolute Gasteiger partial charge is 0.223 e. The molecule has 2 atom stereocenters. The SMILES string of the molecule is COc1ccc2[nH]c3c(c2c1)CCN1C(=O)CCC(c2ccc(C)cc2)C31. The summed E-state index contributed by atoms with van der Waals surface area (Å²) in [5.74, 6) is 1.49. The van der Waals surface area contributed by atoms with Crippen LogP contribution in [0.15, 0.2) is 42.5 Å². The monoisotopic (exact) mass is 360 g/mol. The van der Waals surface area contributed by atoms with Gasteiger partial charge >= 0.3 is 0 Å². The van der Waals surface area contributed by atoms with Crippen LogP contribution in [0.3, 0.4) is 0 Å². The fourth-order valence-electron chi connectivity index (χ4n) is 4.86. The van der Waals surface area contributed by atoms with E-state index < -0.39 is 0 Å². The molecule has 0 bridgehead atoms. The molecular weight excluding hydrogens is 336 g/mol. The lowest BCUT2D eigenvalue weighted by Crippen LogP contribution is -2.45. The molecule has 4 heteroatoms. The fourth-order valence-corrected chi connectivity index (χ4v) is 4.86. The van der Waals surface area contributed by atoms with Crippen LogP contribution >= 0.6 is 0 Å². The number of rotatable bonds is 2. The molecule has 2 aliphatic heterocycles. The molecule has 1 aromatic heterocycles.